The van der Waals surface area contributed by atoms with Crippen LogP contribution < -0.4 is 4.74 Å². The highest BCUT2D eigenvalue weighted by Gasteiger charge is 2.27. The van der Waals surface area contributed by atoms with Gasteiger partial charge in [-0.15, -0.1) is 0 Å². The van der Waals surface area contributed by atoms with Crippen molar-refractivity contribution in [3.8, 4) is 5.75 Å². The molecule has 0 spiro atoms. The van der Waals surface area contributed by atoms with Gasteiger partial charge >= 0.3 is 5.69 Å². The first kappa shape index (κ1) is 16.0. The maximum atomic E-state index is 11.0. The Morgan fingerprint density at radius 1 is 1.37 bits per heavy atom. The van der Waals surface area contributed by atoms with Crippen molar-refractivity contribution in [1.29, 1.82) is 0 Å². The highest BCUT2D eigenvalue weighted by molar-refractivity contribution is 9.09. The summed E-state index contributed by atoms with van der Waals surface area (Å²) in [5, 5.41) is 11.8. The van der Waals surface area contributed by atoms with Gasteiger partial charge in [0.05, 0.1) is 11.5 Å². The third kappa shape index (κ3) is 3.93. The Balaban J connectivity index is 2.93. The van der Waals surface area contributed by atoms with Gasteiger partial charge in [0.25, 0.3) is 0 Å². The molecular formula is C14H20BrNO3. The molecule has 1 rings (SSSR count). The molecule has 0 fully saturated rings. The van der Waals surface area contributed by atoms with Crippen LogP contribution in [0.25, 0.3) is 0 Å². The minimum Gasteiger partial charge on any atom is -0.486 e. The first-order chi connectivity index (χ1) is 8.98. The highest BCUT2D eigenvalue weighted by Crippen LogP contribution is 2.33. The number of nitro groups is 1. The average molecular weight is 330 g/mol. The van der Waals surface area contributed by atoms with Crippen molar-refractivity contribution in [2.24, 2.45) is 5.41 Å². The van der Waals surface area contributed by atoms with Gasteiger partial charge in [0.1, 0.15) is 0 Å². The molecule has 0 aliphatic rings. The van der Waals surface area contributed by atoms with E-state index < -0.39 is 4.92 Å². The molecule has 1 aromatic carbocycles. The van der Waals surface area contributed by atoms with Crippen LogP contribution >= 0.6 is 15.9 Å². The molecule has 0 radical (unpaired) electrons. The molecule has 0 N–H and O–H groups in total. The molecule has 19 heavy (non-hydrogen) atoms. The summed E-state index contributed by atoms with van der Waals surface area (Å²) in [6.45, 7) is 6.60. The first-order valence-electron chi connectivity index (χ1n) is 6.42. The molecular weight excluding hydrogens is 310 g/mol. The smallest absolute Gasteiger partial charge is 0.310 e. The summed E-state index contributed by atoms with van der Waals surface area (Å²) >= 11 is 3.51. The maximum Gasteiger partial charge on any atom is 0.310 e. The van der Waals surface area contributed by atoms with Gasteiger partial charge in [-0.05, 0) is 31.4 Å². The molecule has 0 saturated heterocycles. The van der Waals surface area contributed by atoms with E-state index in [1.54, 1.807) is 12.1 Å². The Labute approximate surface area is 122 Å². The number of nitro benzene ring substituents is 1. The number of alkyl halides is 1. The third-order valence-electron chi connectivity index (χ3n) is 3.63. The topological polar surface area (TPSA) is 52.4 Å². The van der Waals surface area contributed by atoms with Crippen LogP contribution in [-0.4, -0.2) is 16.9 Å². The van der Waals surface area contributed by atoms with Crippen LogP contribution in [0.4, 0.5) is 5.69 Å². The molecule has 0 aliphatic carbocycles. The molecule has 0 unspecified atom stereocenters. The summed E-state index contributed by atoms with van der Waals surface area (Å²) in [5.41, 5.74) is 1.01. The molecule has 1 aromatic rings. The molecule has 0 amide bonds. The number of nitrogens with zero attached hydrogens (tertiary/aromatic N) is 1. The molecule has 5 heteroatoms. The molecule has 0 aliphatic heterocycles. The second-order valence-corrected chi connectivity index (χ2v) is 5.42. The summed E-state index contributed by atoms with van der Waals surface area (Å²) < 4.78 is 5.75. The number of hydrogen-bond acceptors (Lipinski definition) is 3. The van der Waals surface area contributed by atoms with E-state index in [1.807, 2.05) is 6.92 Å². The monoisotopic (exact) mass is 329 g/mol. The normalized spacial score (nSPS) is 11.4. The van der Waals surface area contributed by atoms with Gasteiger partial charge in [0.2, 0.25) is 0 Å². The lowest BCUT2D eigenvalue weighted by Crippen LogP contribution is -2.29. The highest BCUT2D eigenvalue weighted by atomic mass is 79.9. The van der Waals surface area contributed by atoms with Crippen molar-refractivity contribution in [1.82, 2.24) is 0 Å². The van der Waals surface area contributed by atoms with Crippen molar-refractivity contribution in [2.75, 3.05) is 11.9 Å². The van der Waals surface area contributed by atoms with Gasteiger partial charge in [-0.25, -0.2) is 0 Å². The van der Waals surface area contributed by atoms with Crippen LogP contribution in [0.3, 0.4) is 0 Å². The fraction of sp³-hybridized carbons (Fsp3) is 0.571. The standard InChI is InChI=1S/C14H20BrNO3/c1-4-14(5-2,9-15)10-19-13-8-11(3)6-7-12(13)16(17)18/h6-8H,4-5,9-10H2,1-3H3. The zero-order valence-electron chi connectivity index (χ0n) is 11.6. The van der Waals surface area contributed by atoms with Crippen LogP contribution in [0.1, 0.15) is 32.3 Å². The van der Waals surface area contributed by atoms with Crippen LogP contribution in [0, 0.1) is 22.5 Å². The third-order valence-corrected chi connectivity index (χ3v) is 4.82. The van der Waals surface area contributed by atoms with E-state index in [-0.39, 0.29) is 11.1 Å². The van der Waals surface area contributed by atoms with Gasteiger partial charge in [0.15, 0.2) is 5.75 Å². The summed E-state index contributed by atoms with van der Waals surface area (Å²) in [4.78, 5) is 10.6. The molecule has 0 heterocycles. The zero-order valence-corrected chi connectivity index (χ0v) is 13.2. The van der Waals surface area contributed by atoms with Crippen LogP contribution in [0.5, 0.6) is 5.75 Å². The quantitative estimate of drug-likeness (QED) is 0.421. The van der Waals surface area contributed by atoms with Crippen molar-refractivity contribution in [3.63, 3.8) is 0 Å². The van der Waals surface area contributed by atoms with Crippen LogP contribution in [0.15, 0.2) is 18.2 Å². The lowest BCUT2D eigenvalue weighted by molar-refractivity contribution is -0.386. The van der Waals surface area contributed by atoms with E-state index in [9.17, 15) is 10.1 Å². The Hall–Kier alpha value is -1.10. The van der Waals surface area contributed by atoms with E-state index in [0.29, 0.717) is 12.4 Å². The van der Waals surface area contributed by atoms with E-state index >= 15 is 0 Å². The largest absolute Gasteiger partial charge is 0.486 e. The Morgan fingerprint density at radius 2 is 2.00 bits per heavy atom. The van der Waals surface area contributed by atoms with Gasteiger partial charge in [-0.3, -0.25) is 10.1 Å². The number of ether oxygens (including phenoxy) is 1. The van der Waals surface area contributed by atoms with Gasteiger partial charge in [-0.1, -0.05) is 35.8 Å². The average Bonchev–Trinajstić information content (AvgIpc) is 2.40. The molecule has 0 aromatic heterocycles. The minimum atomic E-state index is -0.400. The number of hydrogen-bond donors (Lipinski definition) is 0. The number of aryl methyl sites for hydroxylation is 1. The molecule has 4 nitrogen and oxygen atoms in total. The first-order valence-corrected chi connectivity index (χ1v) is 7.54. The van der Waals surface area contributed by atoms with E-state index in [1.165, 1.54) is 6.07 Å². The lowest BCUT2D eigenvalue weighted by Gasteiger charge is -2.29. The second kappa shape index (κ2) is 6.89. The Bertz CT molecular complexity index is 436. The maximum absolute atomic E-state index is 11.0. The second-order valence-electron chi connectivity index (χ2n) is 4.86. The zero-order chi connectivity index (χ0) is 14.5. The van der Waals surface area contributed by atoms with E-state index in [4.69, 9.17) is 4.74 Å². The SMILES string of the molecule is CCC(CC)(CBr)COc1cc(C)ccc1[N+](=O)[O-]. The van der Waals surface area contributed by atoms with E-state index in [2.05, 4.69) is 29.8 Å². The van der Waals surface area contributed by atoms with Gasteiger partial charge in [0, 0.05) is 16.8 Å². The van der Waals surface area contributed by atoms with Gasteiger partial charge < -0.3 is 4.74 Å². The number of rotatable bonds is 7. The number of benzene rings is 1. The predicted molar refractivity (Wildman–Crippen MR) is 80.1 cm³/mol. The summed E-state index contributed by atoms with van der Waals surface area (Å²) in [7, 11) is 0. The fourth-order valence-electron chi connectivity index (χ4n) is 1.80. The fourth-order valence-corrected chi connectivity index (χ4v) is 2.76. The number of halogens is 1. The Morgan fingerprint density at radius 3 is 2.47 bits per heavy atom. The molecule has 0 bridgehead atoms. The van der Waals surface area contributed by atoms with Gasteiger partial charge in [-0.2, -0.15) is 0 Å². The van der Waals surface area contributed by atoms with Crippen molar-refractivity contribution in [3.05, 3.63) is 33.9 Å². The summed E-state index contributed by atoms with van der Waals surface area (Å²) in [5.74, 6) is 0.359. The molecule has 106 valence electrons. The summed E-state index contributed by atoms with van der Waals surface area (Å²) in [6.07, 6.45) is 1.93. The molecule has 0 saturated carbocycles. The molecule has 0 atom stereocenters. The minimum absolute atomic E-state index is 0.0254. The van der Waals surface area contributed by atoms with Crippen molar-refractivity contribution in [2.45, 2.75) is 33.6 Å². The Kier molecular flexibility index (Phi) is 5.79. The lowest BCUT2D eigenvalue weighted by atomic mass is 9.86. The van der Waals surface area contributed by atoms with Crippen LogP contribution in [-0.2, 0) is 0 Å². The van der Waals surface area contributed by atoms with Crippen molar-refractivity contribution < 1.29 is 9.66 Å². The predicted octanol–water partition coefficient (Wildman–Crippen LogP) is 4.48. The van der Waals surface area contributed by atoms with E-state index in [0.717, 1.165) is 23.7 Å². The van der Waals surface area contributed by atoms with Crippen LogP contribution in [0.2, 0.25) is 0 Å². The summed E-state index contributed by atoms with van der Waals surface area (Å²) in [6, 6.07) is 4.95. The van der Waals surface area contributed by atoms with Crippen molar-refractivity contribution >= 4 is 21.6 Å².